The first-order chi connectivity index (χ1) is 12.2. The average molecular weight is 358 g/mol. The topological polar surface area (TPSA) is 88.3 Å². The van der Waals surface area contributed by atoms with Gasteiger partial charge in [-0.15, -0.1) is 0 Å². The summed E-state index contributed by atoms with van der Waals surface area (Å²) in [6.07, 6.45) is 2.15. The molecule has 0 spiro atoms. The van der Waals surface area contributed by atoms with E-state index < -0.39 is 11.4 Å². The largest absolute Gasteiger partial charge is 0.481 e. The second-order valence-electron chi connectivity index (χ2n) is 7.82. The number of aryl methyl sites for hydroxylation is 1. The molecule has 0 saturated carbocycles. The molecule has 1 aliphatic heterocycles. The number of carbonyl (C=O) groups is 2. The number of rotatable bonds is 4. The van der Waals surface area contributed by atoms with E-state index in [1.807, 2.05) is 34.6 Å². The van der Waals surface area contributed by atoms with Gasteiger partial charge < -0.3 is 10.0 Å². The van der Waals surface area contributed by atoms with Gasteiger partial charge in [0.1, 0.15) is 0 Å². The van der Waals surface area contributed by atoms with E-state index in [9.17, 15) is 14.7 Å². The number of amides is 1. The van der Waals surface area contributed by atoms with Gasteiger partial charge in [-0.3, -0.25) is 9.59 Å². The number of nitrogens with zero attached hydrogens (tertiary/aromatic N) is 4. The van der Waals surface area contributed by atoms with Crippen LogP contribution in [0.3, 0.4) is 0 Å². The van der Waals surface area contributed by atoms with E-state index in [0.717, 1.165) is 5.69 Å². The van der Waals surface area contributed by atoms with Crippen molar-refractivity contribution in [2.45, 2.75) is 47.1 Å². The molecule has 1 N–H and O–H groups in total. The Bertz CT molecular complexity index is 871. The molecule has 140 valence electrons. The summed E-state index contributed by atoms with van der Waals surface area (Å²) in [6, 6.07) is 1.91. The summed E-state index contributed by atoms with van der Waals surface area (Å²) in [4.78, 5) is 31.3. The molecule has 2 aromatic rings. The molecule has 1 unspecified atom stereocenters. The number of likely N-dealkylation sites (tertiary alicyclic amines) is 1. The van der Waals surface area contributed by atoms with Crippen LogP contribution in [-0.4, -0.2) is 49.7 Å². The van der Waals surface area contributed by atoms with Gasteiger partial charge in [0.15, 0.2) is 5.65 Å². The van der Waals surface area contributed by atoms with Crippen molar-refractivity contribution in [3.05, 3.63) is 23.5 Å². The molecular weight excluding hydrogens is 332 g/mol. The number of hydrogen-bond acceptors (Lipinski definition) is 4. The molecule has 0 aromatic carbocycles. The summed E-state index contributed by atoms with van der Waals surface area (Å²) in [5.41, 5.74) is 1.11. The maximum Gasteiger partial charge on any atom is 0.311 e. The summed E-state index contributed by atoms with van der Waals surface area (Å²) in [6.45, 7) is 10.4. The summed E-state index contributed by atoms with van der Waals surface area (Å²) in [5, 5.41) is 14.8. The lowest BCUT2D eigenvalue weighted by Crippen LogP contribution is -2.40. The molecule has 3 heterocycles. The molecule has 2 aromatic heterocycles. The summed E-state index contributed by atoms with van der Waals surface area (Å²) < 4.78 is 1.80. The van der Waals surface area contributed by atoms with E-state index in [2.05, 4.69) is 10.1 Å². The van der Waals surface area contributed by atoms with Crippen LogP contribution in [0.5, 0.6) is 0 Å². The van der Waals surface area contributed by atoms with E-state index in [-0.39, 0.29) is 24.4 Å². The van der Waals surface area contributed by atoms with Gasteiger partial charge in [0.25, 0.3) is 5.91 Å². The van der Waals surface area contributed by atoms with Gasteiger partial charge in [-0.05, 0) is 39.2 Å². The highest BCUT2D eigenvalue weighted by atomic mass is 16.4. The predicted molar refractivity (Wildman–Crippen MR) is 98.1 cm³/mol. The third-order valence-electron chi connectivity index (χ3n) is 5.53. The van der Waals surface area contributed by atoms with Crippen molar-refractivity contribution in [3.63, 3.8) is 0 Å². The lowest BCUT2D eigenvalue weighted by Gasteiger charge is -2.28. The smallest absolute Gasteiger partial charge is 0.311 e. The van der Waals surface area contributed by atoms with Crippen molar-refractivity contribution in [1.29, 1.82) is 0 Å². The molecule has 0 bridgehead atoms. The minimum Gasteiger partial charge on any atom is -0.481 e. The van der Waals surface area contributed by atoms with E-state index in [1.54, 1.807) is 21.8 Å². The Hall–Kier alpha value is -2.44. The Morgan fingerprint density at radius 3 is 2.50 bits per heavy atom. The van der Waals surface area contributed by atoms with Gasteiger partial charge in [-0.2, -0.15) is 5.10 Å². The van der Waals surface area contributed by atoms with E-state index in [1.165, 1.54) is 0 Å². The van der Waals surface area contributed by atoms with Crippen molar-refractivity contribution in [1.82, 2.24) is 19.7 Å². The zero-order valence-electron chi connectivity index (χ0n) is 16.0. The molecule has 26 heavy (non-hydrogen) atoms. The molecule has 1 fully saturated rings. The number of hydrogen-bond donors (Lipinski definition) is 1. The average Bonchev–Trinajstić information content (AvgIpc) is 3.18. The van der Waals surface area contributed by atoms with Crippen molar-refractivity contribution < 1.29 is 14.7 Å². The number of carbonyl (C=O) groups excluding carboxylic acids is 1. The van der Waals surface area contributed by atoms with Crippen molar-refractivity contribution in [2.24, 2.45) is 11.3 Å². The quantitative estimate of drug-likeness (QED) is 0.908. The maximum atomic E-state index is 13.2. The summed E-state index contributed by atoms with van der Waals surface area (Å²) in [7, 11) is 0. The molecule has 3 rings (SSSR count). The monoisotopic (exact) mass is 358 g/mol. The molecular formula is C19H26N4O3. The van der Waals surface area contributed by atoms with E-state index in [0.29, 0.717) is 29.6 Å². The van der Waals surface area contributed by atoms with Crippen LogP contribution in [0.25, 0.3) is 11.0 Å². The van der Waals surface area contributed by atoms with E-state index in [4.69, 9.17) is 0 Å². The Morgan fingerprint density at radius 1 is 1.27 bits per heavy atom. The second kappa shape index (κ2) is 6.37. The highest BCUT2D eigenvalue weighted by Gasteiger charge is 2.48. The third-order valence-corrected chi connectivity index (χ3v) is 5.53. The minimum atomic E-state index is -0.876. The number of carboxylic acid groups (broad SMARTS) is 1. The van der Waals surface area contributed by atoms with Crippen LogP contribution in [-0.2, 0) is 4.79 Å². The molecule has 0 aliphatic carbocycles. The Balaban J connectivity index is 2.00. The van der Waals surface area contributed by atoms with Crippen molar-refractivity contribution in [3.8, 4) is 0 Å². The van der Waals surface area contributed by atoms with Crippen molar-refractivity contribution >= 4 is 22.9 Å². The fraction of sp³-hybridized carbons (Fsp3) is 0.579. The SMILES string of the molecule is Cc1cc(C(=O)N2CCC(C(=O)O)(C(C)C)C2)c2cnn(C(C)C)c2n1. The lowest BCUT2D eigenvalue weighted by atomic mass is 9.76. The summed E-state index contributed by atoms with van der Waals surface area (Å²) >= 11 is 0. The molecule has 1 atom stereocenters. The van der Waals surface area contributed by atoms with Crippen molar-refractivity contribution in [2.75, 3.05) is 13.1 Å². The Morgan fingerprint density at radius 2 is 1.96 bits per heavy atom. The highest BCUT2D eigenvalue weighted by Crippen LogP contribution is 2.39. The number of carboxylic acids is 1. The predicted octanol–water partition coefficient (Wildman–Crippen LogP) is 2.89. The normalized spacial score (nSPS) is 20.5. The number of aromatic nitrogens is 3. The molecule has 1 aliphatic rings. The zero-order valence-corrected chi connectivity index (χ0v) is 16.0. The molecule has 0 radical (unpaired) electrons. The van der Waals surface area contributed by atoms with Gasteiger partial charge in [-0.25, -0.2) is 9.67 Å². The minimum absolute atomic E-state index is 0.0410. The van der Waals surface area contributed by atoms with Gasteiger partial charge in [0, 0.05) is 24.8 Å². The lowest BCUT2D eigenvalue weighted by molar-refractivity contribution is -0.150. The molecule has 7 heteroatoms. The summed E-state index contributed by atoms with van der Waals surface area (Å²) in [5.74, 6) is -1.01. The first-order valence-corrected chi connectivity index (χ1v) is 9.05. The van der Waals surface area contributed by atoms with Crippen LogP contribution in [0.2, 0.25) is 0 Å². The zero-order chi connectivity index (χ0) is 19.2. The van der Waals surface area contributed by atoms with Gasteiger partial charge in [-0.1, -0.05) is 13.8 Å². The Kier molecular flexibility index (Phi) is 4.50. The molecule has 1 amide bonds. The first kappa shape index (κ1) is 18.4. The van der Waals surface area contributed by atoms with E-state index >= 15 is 0 Å². The molecule has 7 nitrogen and oxygen atoms in total. The first-order valence-electron chi connectivity index (χ1n) is 9.05. The fourth-order valence-corrected chi connectivity index (χ4v) is 3.77. The van der Waals surface area contributed by atoms with Gasteiger partial charge in [0.05, 0.1) is 22.6 Å². The second-order valence-corrected chi connectivity index (χ2v) is 7.82. The fourth-order valence-electron chi connectivity index (χ4n) is 3.77. The van der Waals surface area contributed by atoms with Crippen LogP contribution >= 0.6 is 0 Å². The molecule has 1 saturated heterocycles. The highest BCUT2D eigenvalue weighted by molar-refractivity contribution is 6.05. The number of fused-ring (bicyclic) bond motifs is 1. The number of pyridine rings is 1. The van der Waals surface area contributed by atoms with Crippen LogP contribution in [0.15, 0.2) is 12.3 Å². The number of aliphatic carboxylic acids is 1. The maximum absolute atomic E-state index is 13.2. The standard InChI is InChI=1S/C19H26N4O3/c1-11(2)19(18(25)26)6-7-22(10-19)17(24)14-8-13(5)21-16-15(14)9-20-23(16)12(3)4/h8-9,11-12H,6-7,10H2,1-5H3,(H,25,26). The van der Waals surface area contributed by atoms with Gasteiger partial charge in [0.2, 0.25) is 0 Å². The van der Waals surface area contributed by atoms with Crippen LogP contribution in [0, 0.1) is 18.3 Å². The van der Waals surface area contributed by atoms with Crippen LogP contribution < -0.4 is 0 Å². The van der Waals surface area contributed by atoms with Crippen LogP contribution in [0.4, 0.5) is 0 Å². The van der Waals surface area contributed by atoms with Crippen LogP contribution in [0.1, 0.15) is 56.2 Å². The third kappa shape index (κ3) is 2.75. The van der Waals surface area contributed by atoms with Gasteiger partial charge >= 0.3 is 5.97 Å². The Labute approximate surface area is 153 Å².